The number of nitrogens with zero attached hydrogens (tertiary/aromatic N) is 1. The van der Waals surface area contributed by atoms with Crippen molar-refractivity contribution in [2.45, 2.75) is 0 Å². The number of aliphatic carboxylic acids is 1. The van der Waals surface area contributed by atoms with E-state index in [0.717, 1.165) is 22.2 Å². The van der Waals surface area contributed by atoms with Crippen LogP contribution in [0.5, 0.6) is 11.5 Å². The Hall–Kier alpha value is -3.17. The van der Waals surface area contributed by atoms with E-state index in [-0.39, 0.29) is 16.7 Å². The van der Waals surface area contributed by atoms with Crippen LogP contribution in [0, 0.1) is 0 Å². The van der Waals surface area contributed by atoms with Crippen molar-refractivity contribution in [2.75, 3.05) is 20.3 Å². The maximum Gasteiger partial charge on any atom is 0.323 e. The van der Waals surface area contributed by atoms with Gasteiger partial charge in [0.05, 0.1) is 12.0 Å². The molecule has 3 rings (SSSR count). The number of thiocarbonyl (C=S) groups is 1. The molecule has 1 N–H and O–H groups in total. The predicted octanol–water partition coefficient (Wildman–Crippen LogP) is 3.24. The Labute approximate surface area is 182 Å². The second kappa shape index (κ2) is 9.55. The van der Waals surface area contributed by atoms with Crippen LogP contribution in [0.1, 0.15) is 15.9 Å². The van der Waals surface area contributed by atoms with E-state index < -0.39 is 18.4 Å². The fourth-order valence-electron chi connectivity index (χ4n) is 2.61. The summed E-state index contributed by atoms with van der Waals surface area (Å²) < 4.78 is 10.9. The van der Waals surface area contributed by atoms with Crippen molar-refractivity contribution in [2.24, 2.45) is 0 Å². The molecule has 0 aliphatic carbocycles. The van der Waals surface area contributed by atoms with E-state index in [4.69, 9.17) is 26.8 Å². The van der Waals surface area contributed by atoms with E-state index >= 15 is 0 Å². The summed E-state index contributed by atoms with van der Waals surface area (Å²) in [5.74, 6) is -0.643. The number of methoxy groups -OCH3 is 1. The van der Waals surface area contributed by atoms with Crippen LogP contribution in [0.25, 0.3) is 6.08 Å². The molecule has 2 aromatic rings. The van der Waals surface area contributed by atoms with Gasteiger partial charge in [-0.15, -0.1) is 0 Å². The summed E-state index contributed by atoms with van der Waals surface area (Å²) in [6.07, 6.45) is 1.63. The first kappa shape index (κ1) is 21.5. The second-order valence-electron chi connectivity index (χ2n) is 6.17. The number of ketones is 1. The monoisotopic (exact) mass is 443 g/mol. The van der Waals surface area contributed by atoms with Crippen LogP contribution in [0.4, 0.5) is 0 Å². The first-order chi connectivity index (χ1) is 14.4. The number of amides is 1. The first-order valence-corrected chi connectivity index (χ1v) is 9.97. The van der Waals surface area contributed by atoms with Crippen molar-refractivity contribution in [3.63, 3.8) is 0 Å². The van der Waals surface area contributed by atoms with Crippen molar-refractivity contribution < 1.29 is 29.0 Å². The molecule has 1 aliphatic rings. The van der Waals surface area contributed by atoms with Crippen LogP contribution in [0.3, 0.4) is 0 Å². The van der Waals surface area contributed by atoms with Crippen molar-refractivity contribution in [3.05, 3.63) is 64.6 Å². The number of ether oxygens (including phenoxy) is 2. The molecule has 1 amide bonds. The first-order valence-electron chi connectivity index (χ1n) is 8.74. The van der Waals surface area contributed by atoms with Gasteiger partial charge in [0.25, 0.3) is 5.91 Å². The van der Waals surface area contributed by atoms with Crippen LogP contribution in [-0.2, 0) is 9.59 Å². The maximum absolute atomic E-state index is 12.3. The Bertz CT molecular complexity index is 1030. The fourth-order valence-corrected chi connectivity index (χ4v) is 3.87. The molecule has 0 saturated carbocycles. The van der Waals surface area contributed by atoms with E-state index in [2.05, 4.69) is 0 Å². The molecule has 0 spiro atoms. The Morgan fingerprint density at radius 2 is 1.90 bits per heavy atom. The third-order valence-corrected chi connectivity index (χ3v) is 5.48. The summed E-state index contributed by atoms with van der Waals surface area (Å²) in [6, 6.07) is 13.7. The second-order valence-corrected chi connectivity index (χ2v) is 7.85. The quantitative estimate of drug-likeness (QED) is 0.378. The van der Waals surface area contributed by atoms with Gasteiger partial charge in [-0.1, -0.05) is 48.2 Å². The molecule has 2 aromatic carbocycles. The fraction of sp³-hybridized carbons (Fsp3) is 0.143. The molecular weight excluding hydrogens is 426 g/mol. The third kappa shape index (κ3) is 5.25. The van der Waals surface area contributed by atoms with Gasteiger partial charge in [0.2, 0.25) is 0 Å². The lowest BCUT2D eigenvalue weighted by atomic mass is 10.1. The van der Waals surface area contributed by atoms with Crippen LogP contribution < -0.4 is 9.47 Å². The average molecular weight is 444 g/mol. The van der Waals surface area contributed by atoms with Gasteiger partial charge in [0.1, 0.15) is 22.4 Å². The minimum Gasteiger partial charge on any atom is -0.497 e. The average Bonchev–Trinajstić information content (AvgIpc) is 3.00. The Morgan fingerprint density at radius 3 is 2.57 bits per heavy atom. The summed E-state index contributed by atoms with van der Waals surface area (Å²) >= 11 is 6.13. The Balaban J connectivity index is 1.62. The highest BCUT2D eigenvalue weighted by Crippen LogP contribution is 2.32. The number of rotatable bonds is 8. The van der Waals surface area contributed by atoms with Crippen molar-refractivity contribution in [3.8, 4) is 11.5 Å². The van der Waals surface area contributed by atoms with Gasteiger partial charge in [-0.3, -0.25) is 19.3 Å². The molecule has 30 heavy (non-hydrogen) atoms. The standard InChI is InChI=1S/C21H17NO6S2/c1-27-16-4-2-3-14(10-16)17(23)12-28-15-7-5-13(6-8-15)9-18-20(26)22(11-19(24)25)21(29)30-18/h2-10H,11-12H2,1H3,(H,24,25)/b18-9-. The predicted molar refractivity (Wildman–Crippen MR) is 117 cm³/mol. The molecule has 1 fully saturated rings. The smallest absolute Gasteiger partial charge is 0.323 e. The minimum absolute atomic E-state index is 0.125. The van der Waals surface area contributed by atoms with Gasteiger partial charge in [-0.05, 0) is 35.9 Å². The number of carbonyl (C=O) groups excluding carboxylic acids is 2. The normalized spacial score (nSPS) is 14.8. The van der Waals surface area contributed by atoms with Crippen LogP contribution in [0.2, 0.25) is 0 Å². The zero-order valence-corrected chi connectivity index (χ0v) is 17.5. The van der Waals surface area contributed by atoms with Crippen LogP contribution >= 0.6 is 24.0 Å². The number of benzene rings is 2. The molecular formula is C21H17NO6S2. The summed E-state index contributed by atoms with van der Waals surface area (Å²) in [4.78, 5) is 36.8. The Morgan fingerprint density at radius 1 is 1.17 bits per heavy atom. The Kier molecular flexibility index (Phi) is 6.86. The number of thioether (sulfide) groups is 1. The summed E-state index contributed by atoms with van der Waals surface area (Å²) in [5, 5.41) is 8.88. The highest BCUT2D eigenvalue weighted by Gasteiger charge is 2.33. The number of Topliss-reactive ketones (excluding diaryl/α,β-unsaturated/α-hetero) is 1. The largest absolute Gasteiger partial charge is 0.497 e. The van der Waals surface area contributed by atoms with Gasteiger partial charge in [0, 0.05) is 5.56 Å². The third-order valence-electron chi connectivity index (χ3n) is 4.11. The van der Waals surface area contributed by atoms with E-state index in [9.17, 15) is 14.4 Å². The summed E-state index contributed by atoms with van der Waals surface area (Å²) in [5.41, 5.74) is 1.21. The number of hydrogen-bond acceptors (Lipinski definition) is 7. The minimum atomic E-state index is -1.13. The number of carboxylic acids is 1. The highest BCUT2D eigenvalue weighted by molar-refractivity contribution is 8.26. The molecule has 0 atom stereocenters. The van der Waals surface area contributed by atoms with Crippen molar-refractivity contribution >= 4 is 52.0 Å². The molecule has 0 unspecified atom stereocenters. The van der Waals surface area contributed by atoms with Gasteiger partial charge in [-0.25, -0.2) is 0 Å². The van der Waals surface area contributed by atoms with Crippen LogP contribution in [0.15, 0.2) is 53.4 Å². The molecule has 1 aliphatic heterocycles. The molecule has 154 valence electrons. The lowest BCUT2D eigenvalue weighted by molar-refractivity contribution is -0.140. The molecule has 0 bridgehead atoms. The van der Waals surface area contributed by atoms with Gasteiger partial charge >= 0.3 is 5.97 Å². The molecule has 1 heterocycles. The van der Waals surface area contributed by atoms with Gasteiger partial charge < -0.3 is 14.6 Å². The highest BCUT2D eigenvalue weighted by atomic mass is 32.2. The van der Waals surface area contributed by atoms with E-state index in [1.807, 2.05) is 0 Å². The zero-order valence-electron chi connectivity index (χ0n) is 15.9. The van der Waals surface area contributed by atoms with Crippen LogP contribution in [-0.4, -0.2) is 52.2 Å². The molecule has 0 radical (unpaired) electrons. The van der Waals surface area contributed by atoms with E-state index in [1.54, 1.807) is 54.6 Å². The summed E-state index contributed by atoms with van der Waals surface area (Å²) in [6.45, 7) is -0.587. The molecule has 7 nitrogen and oxygen atoms in total. The molecule has 1 saturated heterocycles. The zero-order chi connectivity index (χ0) is 21.7. The number of hydrogen-bond donors (Lipinski definition) is 1. The summed E-state index contributed by atoms with van der Waals surface area (Å²) in [7, 11) is 1.53. The lowest BCUT2D eigenvalue weighted by Gasteiger charge is -2.10. The van der Waals surface area contributed by atoms with E-state index in [0.29, 0.717) is 22.0 Å². The van der Waals surface area contributed by atoms with Crippen molar-refractivity contribution in [1.29, 1.82) is 0 Å². The topological polar surface area (TPSA) is 93.1 Å². The molecule has 9 heteroatoms. The SMILES string of the molecule is COc1cccc(C(=O)COc2ccc(/C=C3\SC(=S)N(CC(=O)O)C3=O)cc2)c1. The maximum atomic E-state index is 12.3. The van der Waals surface area contributed by atoms with Gasteiger partial charge in [0.15, 0.2) is 12.4 Å². The van der Waals surface area contributed by atoms with E-state index in [1.165, 1.54) is 7.11 Å². The lowest BCUT2D eigenvalue weighted by Crippen LogP contribution is -2.33. The number of carboxylic acid groups (broad SMARTS) is 1. The number of carbonyl (C=O) groups is 3. The molecule has 0 aromatic heterocycles. The van der Waals surface area contributed by atoms with Gasteiger partial charge in [-0.2, -0.15) is 0 Å². The van der Waals surface area contributed by atoms with Crippen molar-refractivity contribution in [1.82, 2.24) is 4.90 Å².